The molecule has 2 aromatic heterocycles. The van der Waals surface area contributed by atoms with Gasteiger partial charge in [-0.2, -0.15) is 5.10 Å². The Kier molecular flexibility index (Phi) is 4.86. The van der Waals surface area contributed by atoms with Crippen LogP contribution in [0, 0.1) is 0 Å². The first kappa shape index (κ1) is 20.1. The Balaban J connectivity index is 1.61. The molecule has 1 fully saturated rings. The molecule has 9 nitrogen and oxygen atoms in total. The van der Waals surface area contributed by atoms with Crippen LogP contribution in [-0.2, 0) is 28.2 Å². The summed E-state index contributed by atoms with van der Waals surface area (Å²) in [4.78, 5) is 36.6. The molecule has 1 amide bonds. The first-order valence-corrected chi connectivity index (χ1v) is 10.0. The standard InChI is InChI=1S/C21H26N6O3/c1-20(2,3)30-19(29)26-9-10-27-16(12-26)15(11-24-27)17(13-28)25(4)21(6-7-21)18-5-8-22-14-23-18/h5,8,11,14H,6-7,9-10,12H2,1-4H3. The highest BCUT2D eigenvalue weighted by Gasteiger charge is 2.51. The third-order valence-corrected chi connectivity index (χ3v) is 5.63. The molecule has 0 atom stereocenters. The van der Waals surface area contributed by atoms with E-state index in [1.807, 2.05) is 43.5 Å². The lowest BCUT2D eigenvalue weighted by Gasteiger charge is -2.32. The van der Waals surface area contributed by atoms with E-state index in [9.17, 15) is 9.59 Å². The van der Waals surface area contributed by atoms with Crippen molar-refractivity contribution in [3.63, 3.8) is 0 Å². The zero-order valence-corrected chi connectivity index (χ0v) is 17.8. The van der Waals surface area contributed by atoms with Crippen LogP contribution in [0.15, 0.2) is 24.8 Å². The highest BCUT2D eigenvalue weighted by molar-refractivity contribution is 5.87. The fourth-order valence-corrected chi connectivity index (χ4v) is 3.89. The van der Waals surface area contributed by atoms with Crippen LogP contribution in [-0.4, -0.2) is 60.8 Å². The van der Waals surface area contributed by atoms with Gasteiger partial charge in [0.15, 0.2) is 5.94 Å². The molecule has 0 N–H and O–H groups in total. The summed E-state index contributed by atoms with van der Waals surface area (Å²) in [6.45, 7) is 6.90. The summed E-state index contributed by atoms with van der Waals surface area (Å²) >= 11 is 0. The first-order valence-electron chi connectivity index (χ1n) is 10.0. The van der Waals surface area contributed by atoms with Gasteiger partial charge in [-0.3, -0.25) is 4.68 Å². The number of fused-ring (bicyclic) bond motifs is 1. The zero-order valence-electron chi connectivity index (χ0n) is 17.8. The number of ether oxygens (including phenoxy) is 1. The van der Waals surface area contributed by atoms with Crippen LogP contribution in [0.3, 0.4) is 0 Å². The molecule has 1 aliphatic carbocycles. The minimum atomic E-state index is -0.568. The molecule has 4 rings (SSSR count). The normalized spacial score (nSPS) is 17.0. The summed E-state index contributed by atoms with van der Waals surface area (Å²) < 4.78 is 7.35. The maximum atomic E-state index is 12.5. The van der Waals surface area contributed by atoms with E-state index in [1.54, 1.807) is 17.3 Å². The molecule has 9 heteroatoms. The van der Waals surface area contributed by atoms with Gasteiger partial charge in [0.05, 0.1) is 41.8 Å². The van der Waals surface area contributed by atoms with Gasteiger partial charge in [-0.05, 0) is 39.7 Å². The van der Waals surface area contributed by atoms with Crippen LogP contribution in [0.4, 0.5) is 4.79 Å². The average molecular weight is 410 g/mol. The summed E-state index contributed by atoms with van der Waals surface area (Å²) in [6.07, 6.45) is 6.32. The van der Waals surface area contributed by atoms with Gasteiger partial charge in [0.2, 0.25) is 0 Å². The molecule has 1 saturated carbocycles. The molecule has 158 valence electrons. The summed E-state index contributed by atoms with van der Waals surface area (Å²) in [7, 11) is 1.88. The van der Waals surface area contributed by atoms with E-state index in [0.717, 1.165) is 24.2 Å². The molecule has 1 aliphatic heterocycles. The fourth-order valence-electron chi connectivity index (χ4n) is 3.89. The molecule has 2 aromatic rings. The zero-order chi connectivity index (χ0) is 21.5. The molecular weight excluding hydrogens is 384 g/mol. The van der Waals surface area contributed by atoms with Crippen molar-refractivity contribution in [1.29, 1.82) is 0 Å². The Morgan fingerprint density at radius 3 is 2.67 bits per heavy atom. The van der Waals surface area contributed by atoms with Gasteiger partial charge in [0, 0.05) is 19.8 Å². The quantitative estimate of drug-likeness (QED) is 0.714. The van der Waals surface area contributed by atoms with E-state index in [4.69, 9.17) is 4.74 Å². The van der Waals surface area contributed by atoms with Gasteiger partial charge < -0.3 is 14.5 Å². The van der Waals surface area contributed by atoms with E-state index < -0.39 is 5.60 Å². The average Bonchev–Trinajstić information content (AvgIpc) is 3.43. The number of amides is 1. The number of nitrogens with zero attached hydrogens (tertiary/aromatic N) is 6. The highest BCUT2D eigenvalue weighted by Crippen LogP contribution is 2.52. The van der Waals surface area contributed by atoms with Gasteiger partial charge >= 0.3 is 6.09 Å². The van der Waals surface area contributed by atoms with Crippen LogP contribution >= 0.6 is 0 Å². The monoisotopic (exact) mass is 410 g/mol. The molecule has 0 spiro atoms. The second-order valence-electron chi connectivity index (χ2n) is 8.77. The van der Waals surface area contributed by atoms with Crippen molar-refractivity contribution < 1.29 is 14.3 Å². The molecule has 0 saturated heterocycles. The van der Waals surface area contributed by atoms with E-state index in [2.05, 4.69) is 21.0 Å². The fraction of sp³-hybridized carbons (Fsp3) is 0.524. The molecule has 0 radical (unpaired) electrons. The molecule has 30 heavy (non-hydrogen) atoms. The van der Waals surface area contributed by atoms with Gasteiger partial charge in [-0.25, -0.2) is 19.6 Å². The Bertz CT molecular complexity index is 999. The van der Waals surface area contributed by atoms with Gasteiger partial charge in [-0.15, -0.1) is 0 Å². The van der Waals surface area contributed by atoms with Gasteiger partial charge in [0.25, 0.3) is 0 Å². The number of rotatable bonds is 4. The van der Waals surface area contributed by atoms with Crippen LogP contribution in [0.1, 0.15) is 50.6 Å². The second-order valence-corrected chi connectivity index (χ2v) is 8.77. The first-order chi connectivity index (χ1) is 14.2. The van der Waals surface area contributed by atoms with Crippen molar-refractivity contribution in [2.24, 2.45) is 0 Å². The molecular formula is C21H26N6O3. The van der Waals surface area contributed by atoms with Crippen LogP contribution in [0.5, 0.6) is 0 Å². The number of hydrogen-bond acceptors (Lipinski definition) is 7. The highest BCUT2D eigenvalue weighted by atomic mass is 16.6. The molecule has 0 aromatic carbocycles. The number of carbonyl (C=O) groups is 1. The summed E-state index contributed by atoms with van der Waals surface area (Å²) in [5.74, 6) is 2.11. The Labute approximate surface area is 175 Å². The third kappa shape index (κ3) is 3.57. The lowest BCUT2D eigenvalue weighted by molar-refractivity contribution is 0.0194. The number of hydrogen-bond donors (Lipinski definition) is 0. The Morgan fingerprint density at radius 2 is 2.07 bits per heavy atom. The largest absolute Gasteiger partial charge is 0.444 e. The predicted octanol–water partition coefficient (Wildman–Crippen LogP) is 2.22. The Morgan fingerprint density at radius 1 is 1.30 bits per heavy atom. The molecule has 0 bridgehead atoms. The van der Waals surface area contributed by atoms with Crippen molar-refractivity contribution in [2.75, 3.05) is 13.6 Å². The van der Waals surface area contributed by atoms with Gasteiger partial charge in [0.1, 0.15) is 17.6 Å². The van der Waals surface area contributed by atoms with E-state index in [1.165, 1.54) is 6.33 Å². The predicted molar refractivity (Wildman–Crippen MR) is 109 cm³/mol. The topological polar surface area (TPSA) is 93.5 Å². The molecule has 2 aliphatic rings. The number of aromatic nitrogens is 4. The van der Waals surface area contributed by atoms with E-state index in [-0.39, 0.29) is 11.6 Å². The summed E-state index contributed by atoms with van der Waals surface area (Å²) in [5.41, 5.74) is 1.87. The maximum absolute atomic E-state index is 12.5. The lowest BCUT2D eigenvalue weighted by atomic mass is 10.1. The summed E-state index contributed by atoms with van der Waals surface area (Å²) in [5, 5.41) is 4.44. The summed E-state index contributed by atoms with van der Waals surface area (Å²) in [6, 6.07) is 1.88. The van der Waals surface area contributed by atoms with Crippen molar-refractivity contribution >= 4 is 17.7 Å². The third-order valence-electron chi connectivity index (χ3n) is 5.63. The lowest BCUT2D eigenvalue weighted by Crippen LogP contribution is -2.42. The Hall–Kier alpha value is -3.19. The van der Waals surface area contributed by atoms with Crippen molar-refractivity contribution in [3.8, 4) is 0 Å². The van der Waals surface area contributed by atoms with Crippen LogP contribution in [0.2, 0.25) is 0 Å². The SMILES string of the molecule is CN(C(=C=O)c1cnn2c1CN(C(=O)OC(C)(C)C)CC2)C1(c2ccncn2)CC1. The van der Waals surface area contributed by atoms with Crippen molar-refractivity contribution in [3.05, 3.63) is 41.7 Å². The van der Waals surface area contributed by atoms with E-state index in [0.29, 0.717) is 30.9 Å². The smallest absolute Gasteiger partial charge is 0.410 e. The van der Waals surface area contributed by atoms with Crippen molar-refractivity contribution in [2.45, 2.75) is 57.8 Å². The van der Waals surface area contributed by atoms with Crippen LogP contribution in [0.25, 0.3) is 5.70 Å². The van der Waals surface area contributed by atoms with Crippen molar-refractivity contribution in [1.82, 2.24) is 29.5 Å². The minimum absolute atomic E-state index is 0.323. The second kappa shape index (κ2) is 7.25. The molecule has 0 unspecified atom stereocenters. The number of carbonyl (C=O) groups excluding carboxylic acids is 2. The molecule has 3 heterocycles. The van der Waals surface area contributed by atoms with Crippen LogP contribution < -0.4 is 0 Å². The van der Waals surface area contributed by atoms with Gasteiger partial charge in [-0.1, -0.05) is 0 Å². The minimum Gasteiger partial charge on any atom is -0.444 e. The maximum Gasteiger partial charge on any atom is 0.410 e. The van der Waals surface area contributed by atoms with E-state index >= 15 is 0 Å².